The highest BCUT2D eigenvalue weighted by Crippen LogP contribution is 2.26. The van der Waals surface area contributed by atoms with E-state index in [1.165, 1.54) is 18.2 Å². The van der Waals surface area contributed by atoms with Gasteiger partial charge in [-0.3, -0.25) is 4.79 Å². The zero-order chi connectivity index (χ0) is 14.4. The summed E-state index contributed by atoms with van der Waals surface area (Å²) in [5.74, 6) is 0.473. The quantitative estimate of drug-likeness (QED) is 0.866. The molecule has 0 aliphatic rings. The van der Waals surface area contributed by atoms with Crippen LogP contribution in [-0.4, -0.2) is 18.6 Å². The van der Waals surface area contributed by atoms with Gasteiger partial charge in [-0.25, -0.2) is 4.39 Å². The number of rotatable bonds is 6. The Morgan fingerprint density at radius 3 is 2.68 bits per heavy atom. The molecule has 1 aromatic carbocycles. The van der Waals surface area contributed by atoms with Crippen molar-refractivity contribution in [1.29, 1.82) is 0 Å². The lowest BCUT2D eigenvalue weighted by Gasteiger charge is -2.16. The number of carbonyl (C=O) groups excluding carboxylic acids is 1. The Morgan fingerprint density at radius 2 is 2.11 bits per heavy atom. The summed E-state index contributed by atoms with van der Waals surface area (Å²) >= 11 is 3.20. The largest absolute Gasteiger partial charge is 0.480 e. The SMILES string of the molecule is CC(C)CCNC(=O)C(C)Oc1ccc(F)cc1Br. The van der Waals surface area contributed by atoms with Gasteiger partial charge in [-0.2, -0.15) is 0 Å². The van der Waals surface area contributed by atoms with Gasteiger partial charge in [0.1, 0.15) is 11.6 Å². The van der Waals surface area contributed by atoms with Crippen molar-refractivity contribution in [2.75, 3.05) is 6.54 Å². The van der Waals surface area contributed by atoms with Crippen molar-refractivity contribution in [1.82, 2.24) is 5.32 Å². The van der Waals surface area contributed by atoms with Crippen LogP contribution in [0.1, 0.15) is 27.2 Å². The Morgan fingerprint density at radius 1 is 1.42 bits per heavy atom. The minimum Gasteiger partial charge on any atom is -0.480 e. The predicted molar refractivity (Wildman–Crippen MR) is 76.7 cm³/mol. The molecule has 0 bridgehead atoms. The van der Waals surface area contributed by atoms with Gasteiger partial charge < -0.3 is 10.1 Å². The first-order valence-electron chi connectivity index (χ1n) is 6.29. The summed E-state index contributed by atoms with van der Waals surface area (Å²) in [6.45, 7) is 6.50. The number of hydrogen-bond donors (Lipinski definition) is 1. The summed E-state index contributed by atoms with van der Waals surface area (Å²) in [6.07, 6.45) is 0.313. The van der Waals surface area contributed by atoms with Gasteiger partial charge in [0.15, 0.2) is 6.10 Å². The molecule has 3 nitrogen and oxygen atoms in total. The Hall–Kier alpha value is -1.10. The number of halogens is 2. The fourth-order valence-electron chi connectivity index (χ4n) is 1.44. The van der Waals surface area contributed by atoms with E-state index in [0.29, 0.717) is 22.7 Å². The molecule has 0 fully saturated rings. The first-order valence-corrected chi connectivity index (χ1v) is 7.09. The monoisotopic (exact) mass is 331 g/mol. The molecule has 0 aromatic heterocycles. The van der Waals surface area contributed by atoms with Crippen molar-refractivity contribution in [2.45, 2.75) is 33.3 Å². The summed E-state index contributed by atoms with van der Waals surface area (Å²) in [5.41, 5.74) is 0. The Kier molecular flexibility index (Phi) is 6.28. The summed E-state index contributed by atoms with van der Waals surface area (Å²) in [5, 5.41) is 2.81. The molecule has 5 heteroatoms. The first-order chi connectivity index (χ1) is 8.90. The molecular formula is C14H19BrFNO2. The van der Waals surface area contributed by atoms with E-state index in [1.54, 1.807) is 6.92 Å². The highest BCUT2D eigenvalue weighted by molar-refractivity contribution is 9.10. The van der Waals surface area contributed by atoms with Crippen molar-refractivity contribution in [3.63, 3.8) is 0 Å². The second-order valence-electron chi connectivity index (χ2n) is 4.81. The van der Waals surface area contributed by atoms with Crippen LogP contribution in [0.15, 0.2) is 22.7 Å². The lowest BCUT2D eigenvalue weighted by molar-refractivity contribution is -0.127. The second kappa shape index (κ2) is 7.48. The van der Waals surface area contributed by atoms with Crippen LogP contribution < -0.4 is 10.1 Å². The van der Waals surface area contributed by atoms with Crippen LogP contribution in [0.4, 0.5) is 4.39 Å². The topological polar surface area (TPSA) is 38.3 Å². The van der Waals surface area contributed by atoms with Crippen LogP contribution >= 0.6 is 15.9 Å². The Labute approximate surface area is 121 Å². The lowest BCUT2D eigenvalue weighted by atomic mass is 10.1. The number of nitrogens with one attached hydrogen (secondary N) is 1. The fourth-order valence-corrected chi connectivity index (χ4v) is 1.89. The van der Waals surface area contributed by atoms with Crippen LogP contribution in [0.3, 0.4) is 0 Å². The molecule has 0 aliphatic heterocycles. The summed E-state index contributed by atoms with van der Waals surface area (Å²) in [4.78, 5) is 11.8. The minimum absolute atomic E-state index is 0.170. The standard InChI is InChI=1S/C14H19BrFNO2/c1-9(2)6-7-17-14(18)10(3)19-13-5-4-11(16)8-12(13)15/h4-5,8-10H,6-7H2,1-3H3,(H,17,18). The molecule has 0 aliphatic carbocycles. The first kappa shape index (κ1) is 16.0. The maximum Gasteiger partial charge on any atom is 0.260 e. The van der Waals surface area contributed by atoms with E-state index >= 15 is 0 Å². The molecule has 0 saturated heterocycles. The van der Waals surface area contributed by atoms with Crippen LogP contribution in [0.25, 0.3) is 0 Å². The second-order valence-corrected chi connectivity index (χ2v) is 5.66. The fraction of sp³-hybridized carbons (Fsp3) is 0.500. The Bertz CT molecular complexity index is 437. The zero-order valence-corrected chi connectivity index (χ0v) is 13.0. The molecule has 1 aromatic rings. The van der Waals surface area contributed by atoms with E-state index in [4.69, 9.17) is 4.74 Å². The van der Waals surface area contributed by atoms with Gasteiger partial charge in [0.25, 0.3) is 5.91 Å². The molecule has 19 heavy (non-hydrogen) atoms. The van der Waals surface area contributed by atoms with E-state index in [0.717, 1.165) is 6.42 Å². The Balaban J connectivity index is 2.49. The molecule has 106 valence electrons. The number of benzene rings is 1. The number of amides is 1. The molecule has 1 rings (SSSR count). The van der Waals surface area contributed by atoms with Crippen molar-refractivity contribution in [3.05, 3.63) is 28.5 Å². The van der Waals surface area contributed by atoms with Crippen LogP contribution in [0.5, 0.6) is 5.75 Å². The molecule has 0 heterocycles. The van der Waals surface area contributed by atoms with E-state index in [-0.39, 0.29) is 11.7 Å². The van der Waals surface area contributed by atoms with Gasteiger partial charge in [0.2, 0.25) is 0 Å². The summed E-state index contributed by atoms with van der Waals surface area (Å²) in [7, 11) is 0. The van der Waals surface area contributed by atoms with Gasteiger partial charge in [-0.1, -0.05) is 13.8 Å². The van der Waals surface area contributed by atoms with E-state index in [9.17, 15) is 9.18 Å². The third-order valence-electron chi connectivity index (χ3n) is 2.59. The number of ether oxygens (including phenoxy) is 1. The van der Waals surface area contributed by atoms with Crippen LogP contribution in [0.2, 0.25) is 0 Å². The van der Waals surface area contributed by atoms with Crippen molar-refractivity contribution in [3.8, 4) is 5.75 Å². The summed E-state index contributed by atoms with van der Waals surface area (Å²) in [6, 6.07) is 4.10. The van der Waals surface area contributed by atoms with Gasteiger partial charge in [0, 0.05) is 6.54 Å². The zero-order valence-electron chi connectivity index (χ0n) is 11.4. The number of carbonyl (C=O) groups is 1. The normalized spacial score (nSPS) is 12.3. The van der Waals surface area contributed by atoms with Gasteiger partial charge in [-0.05, 0) is 53.4 Å². The maximum absolute atomic E-state index is 12.9. The van der Waals surface area contributed by atoms with Gasteiger partial charge in [0.05, 0.1) is 4.47 Å². The molecule has 1 unspecified atom stereocenters. The van der Waals surface area contributed by atoms with Gasteiger partial charge >= 0.3 is 0 Å². The van der Waals surface area contributed by atoms with E-state index in [1.807, 2.05) is 0 Å². The van der Waals surface area contributed by atoms with E-state index < -0.39 is 6.10 Å². The molecule has 0 saturated carbocycles. The molecule has 1 amide bonds. The summed E-state index contributed by atoms with van der Waals surface area (Å²) < 4.78 is 18.9. The van der Waals surface area contributed by atoms with Crippen LogP contribution in [-0.2, 0) is 4.79 Å². The third kappa shape index (κ3) is 5.59. The molecule has 0 spiro atoms. The molecule has 1 atom stereocenters. The highest BCUT2D eigenvalue weighted by Gasteiger charge is 2.15. The predicted octanol–water partition coefficient (Wildman–Crippen LogP) is 3.52. The van der Waals surface area contributed by atoms with E-state index in [2.05, 4.69) is 35.1 Å². The lowest BCUT2D eigenvalue weighted by Crippen LogP contribution is -2.37. The third-order valence-corrected chi connectivity index (χ3v) is 3.21. The molecular weight excluding hydrogens is 313 g/mol. The van der Waals surface area contributed by atoms with Crippen molar-refractivity contribution < 1.29 is 13.9 Å². The minimum atomic E-state index is -0.617. The smallest absolute Gasteiger partial charge is 0.260 e. The average Bonchev–Trinajstić information content (AvgIpc) is 2.32. The van der Waals surface area contributed by atoms with Crippen molar-refractivity contribution in [2.24, 2.45) is 5.92 Å². The highest BCUT2D eigenvalue weighted by atomic mass is 79.9. The molecule has 1 N–H and O–H groups in total. The maximum atomic E-state index is 12.9. The number of hydrogen-bond acceptors (Lipinski definition) is 2. The van der Waals surface area contributed by atoms with Crippen molar-refractivity contribution >= 4 is 21.8 Å². The van der Waals surface area contributed by atoms with Gasteiger partial charge in [-0.15, -0.1) is 0 Å². The average molecular weight is 332 g/mol. The van der Waals surface area contributed by atoms with Crippen LogP contribution in [0, 0.1) is 11.7 Å². The molecule has 0 radical (unpaired) electrons.